The average Bonchev–Trinajstić information content (AvgIpc) is 2.51. The van der Waals surface area contributed by atoms with Gasteiger partial charge in [0.25, 0.3) is 0 Å². The number of rotatable bonds is 8. The molecule has 0 saturated carbocycles. The topological polar surface area (TPSA) is 75.1 Å². The molecule has 5 heteroatoms. The molecular weight excluding hydrogens is 290 g/mol. The lowest BCUT2D eigenvalue weighted by Crippen LogP contribution is -2.07. The van der Waals surface area contributed by atoms with E-state index in [0.717, 1.165) is 31.2 Å². The fraction of sp³-hybridized carbons (Fsp3) is 0.611. The van der Waals surface area contributed by atoms with E-state index in [4.69, 9.17) is 5.53 Å². The van der Waals surface area contributed by atoms with Gasteiger partial charge < -0.3 is 4.74 Å². The van der Waals surface area contributed by atoms with Crippen molar-refractivity contribution >= 4 is 5.97 Å². The maximum Gasteiger partial charge on any atom is 0.305 e. The van der Waals surface area contributed by atoms with E-state index >= 15 is 0 Å². The number of esters is 1. The van der Waals surface area contributed by atoms with Crippen LogP contribution < -0.4 is 0 Å². The summed E-state index contributed by atoms with van der Waals surface area (Å²) in [6.45, 7) is 6.56. The standard InChI is InChI=1S/C18H27N3O2/c1-18(2,3)13-12-16(20-21-19)15-10-8-14(9-11-15)6-5-7-17(22)23-4/h8-11,16H,5-7,12-13H2,1-4H3. The second-order valence-electron chi connectivity index (χ2n) is 6.99. The molecule has 0 bridgehead atoms. The fourth-order valence-corrected chi connectivity index (χ4v) is 2.37. The van der Waals surface area contributed by atoms with Crippen LogP contribution in [0.4, 0.5) is 0 Å². The number of azide groups is 1. The van der Waals surface area contributed by atoms with Gasteiger partial charge in [-0.2, -0.15) is 0 Å². The zero-order valence-electron chi connectivity index (χ0n) is 14.6. The predicted molar refractivity (Wildman–Crippen MR) is 92.0 cm³/mol. The van der Waals surface area contributed by atoms with Gasteiger partial charge in [-0.1, -0.05) is 50.2 Å². The largest absolute Gasteiger partial charge is 0.469 e. The van der Waals surface area contributed by atoms with E-state index in [9.17, 15) is 4.79 Å². The van der Waals surface area contributed by atoms with Gasteiger partial charge in [-0.25, -0.2) is 0 Å². The molecule has 0 radical (unpaired) electrons. The van der Waals surface area contributed by atoms with Gasteiger partial charge in [0.15, 0.2) is 0 Å². The number of ether oxygens (including phenoxy) is 1. The Bertz CT molecular complexity index is 540. The lowest BCUT2D eigenvalue weighted by molar-refractivity contribution is -0.140. The van der Waals surface area contributed by atoms with E-state index < -0.39 is 0 Å². The highest BCUT2D eigenvalue weighted by atomic mass is 16.5. The van der Waals surface area contributed by atoms with Crippen LogP contribution in [0.3, 0.4) is 0 Å². The number of hydrogen-bond acceptors (Lipinski definition) is 3. The molecule has 0 N–H and O–H groups in total. The van der Waals surface area contributed by atoms with Crippen LogP contribution in [0.25, 0.3) is 10.4 Å². The number of carbonyl (C=O) groups excluding carboxylic acids is 1. The van der Waals surface area contributed by atoms with Gasteiger partial charge in [-0.15, -0.1) is 0 Å². The van der Waals surface area contributed by atoms with Gasteiger partial charge in [-0.3, -0.25) is 4.79 Å². The molecule has 0 heterocycles. The molecule has 126 valence electrons. The first-order chi connectivity index (χ1) is 10.9. The number of hydrogen-bond donors (Lipinski definition) is 0. The van der Waals surface area contributed by atoms with Crippen LogP contribution in [0.1, 0.15) is 63.6 Å². The van der Waals surface area contributed by atoms with E-state index in [0.29, 0.717) is 6.42 Å². The summed E-state index contributed by atoms with van der Waals surface area (Å²) in [5, 5.41) is 3.94. The highest BCUT2D eigenvalue weighted by Gasteiger charge is 2.16. The molecule has 0 aliphatic rings. The third-order valence-corrected chi connectivity index (χ3v) is 3.80. The highest BCUT2D eigenvalue weighted by molar-refractivity contribution is 5.69. The predicted octanol–water partition coefficient (Wildman–Crippen LogP) is 5.36. The van der Waals surface area contributed by atoms with Gasteiger partial charge in [0.05, 0.1) is 13.2 Å². The Labute approximate surface area is 138 Å². The minimum atomic E-state index is -0.174. The van der Waals surface area contributed by atoms with E-state index in [2.05, 4.69) is 35.5 Å². The smallest absolute Gasteiger partial charge is 0.305 e. The van der Waals surface area contributed by atoms with Crippen molar-refractivity contribution in [2.45, 2.75) is 58.9 Å². The first-order valence-corrected chi connectivity index (χ1v) is 8.05. The molecule has 1 aromatic carbocycles. The highest BCUT2D eigenvalue weighted by Crippen LogP contribution is 2.30. The Hall–Kier alpha value is -2.00. The summed E-state index contributed by atoms with van der Waals surface area (Å²) < 4.78 is 4.63. The quantitative estimate of drug-likeness (QED) is 0.280. The summed E-state index contributed by atoms with van der Waals surface area (Å²) in [6, 6.07) is 8.02. The molecule has 0 aliphatic carbocycles. The Morgan fingerprint density at radius 3 is 2.48 bits per heavy atom. The van der Waals surface area contributed by atoms with Crippen LogP contribution in [-0.4, -0.2) is 13.1 Å². The molecule has 0 aromatic heterocycles. The second-order valence-corrected chi connectivity index (χ2v) is 6.99. The Balaban J connectivity index is 2.64. The number of nitrogens with zero attached hydrogens (tertiary/aromatic N) is 3. The number of carbonyl (C=O) groups is 1. The van der Waals surface area contributed by atoms with Gasteiger partial charge >= 0.3 is 5.97 Å². The molecule has 0 fully saturated rings. The van der Waals surface area contributed by atoms with Crippen LogP contribution in [0.15, 0.2) is 29.4 Å². The maximum atomic E-state index is 11.1. The van der Waals surface area contributed by atoms with E-state index in [1.807, 2.05) is 24.3 Å². The first kappa shape index (κ1) is 19.0. The zero-order valence-corrected chi connectivity index (χ0v) is 14.6. The van der Waals surface area contributed by atoms with Gasteiger partial charge in [0.1, 0.15) is 0 Å². The molecule has 0 aliphatic heterocycles. The van der Waals surface area contributed by atoms with E-state index in [1.165, 1.54) is 12.7 Å². The maximum absolute atomic E-state index is 11.1. The van der Waals surface area contributed by atoms with Crippen molar-refractivity contribution in [3.63, 3.8) is 0 Å². The van der Waals surface area contributed by atoms with E-state index in [-0.39, 0.29) is 17.4 Å². The third kappa shape index (κ3) is 7.71. The van der Waals surface area contributed by atoms with Gasteiger partial charge in [-0.05, 0) is 47.8 Å². The summed E-state index contributed by atoms with van der Waals surface area (Å²) in [7, 11) is 1.41. The van der Waals surface area contributed by atoms with Crippen molar-refractivity contribution in [2.75, 3.05) is 7.11 Å². The number of methoxy groups -OCH3 is 1. The second kappa shape index (κ2) is 9.21. The Kier molecular flexibility index (Phi) is 7.63. The van der Waals surface area contributed by atoms with Crippen molar-refractivity contribution in [1.29, 1.82) is 0 Å². The lowest BCUT2D eigenvalue weighted by atomic mass is 9.87. The zero-order chi connectivity index (χ0) is 17.3. The van der Waals surface area contributed by atoms with Gasteiger partial charge in [0.2, 0.25) is 0 Å². The summed E-state index contributed by atoms with van der Waals surface area (Å²) >= 11 is 0. The molecule has 1 aromatic rings. The normalized spacial score (nSPS) is 12.3. The minimum absolute atomic E-state index is 0.122. The number of aryl methyl sites for hydroxylation is 1. The van der Waals surface area contributed by atoms with Crippen molar-refractivity contribution < 1.29 is 9.53 Å². The number of benzene rings is 1. The molecule has 0 spiro atoms. The van der Waals surface area contributed by atoms with Crippen LogP contribution >= 0.6 is 0 Å². The summed E-state index contributed by atoms with van der Waals surface area (Å²) in [4.78, 5) is 14.1. The molecule has 1 unspecified atom stereocenters. The molecule has 23 heavy (non-hydrogen) atoms. The molecule has 1 rings (SSSR count). The Morgan fingerprint density at radius 1 is 1.30 bits per heavy atom. The van der Waals surface area contributed by atoms with Crippen LogP contribution in [0.5, 0.6) is 0 Å². The molecule has 0 amide bonds. The molecule has 1 atom stereocenters. The summed E-state index contributed by atoms with van der Waals surface area (Å²) in [6.07, 6.45) is 3.89. The van der Waals surface area contributed by atoms with Crippen LogP contribution in [0, 0.1) is 5.41 Å². The first-order valence-electron chi connectivity index (χ1n) is 8.05. The summed E-state index contributed by atoms with van der Waals surface area (Å²) in [5.41, 5.74) is 11.2. The molecule has 5 nitrogen and oxygen atoms in total. The molecule has 0 saturated heterocycles. The van der Waals surface area contributed by atoms with Gasteiger partial charge in [0, 0.05) is 11.3 Å². The van der Waals surface area contributed by atoms with E-state index in [1.54, 1.807) is 0 Å². The minimum Gasteiger partial charge on any atom is -0.469 e. The average molecular weight is 317 g/mol. The van der Waals surface area contributed by atoms with Crippen molar-refractivity contribution in [1.82, 2.24) is 0 Å². The third-order valence-electron chi connectivity index (χ3n) is 3.80. The van der Waals surface area contributed by atoms with Crippen LogP contribution in [-0.2, 0) is 16.0 Å². The molecular formula is C18H27N3O2. The Morgan fingerprint density at radius 2 is 1.96 bits per heavy atom. The lowest BCUT2D eigenvalue weighted by Gasteiger charge is -2.21. The monoisotopic (exact) mass is 317 g/mol. The van der Waals surface area contributed by atoms with Crippen molar-refractivity contribution in [2.24, 2.45) is 10.5 Å². The van der Waals surface area contributed by atoms with Crippen molar-refractivity contribution in [3.8, 4) is 0 Å². The summed E-state index contributed by atoms with van der Waals surface area (Å²) in [5.74, 6) is -0.174. The van der Waals surface area contributed by atoms with Crippen molar-refractivity contribution in [3.05, 3.63) is 45.8 Å². The fourth-order valence-electron chi connectivity index (χ4n) is 2.37. The SMILES string of the molecule is COC(=O)CCCc1ccc(C(CCC(C)(C)C)N=[N+]=[N-])cc1. The van der Waals surface area contributed by atoms with Crippen LogP contribution in [0.2, 0.25) is 0 Å².